The predicted octanol–water partition coefficient (Wildman–Crippen LogP) is 2.21. The van der Waals surface area contributed by atoms with E-state index in [1.165, 1.54) is 4.57 Å². The van der Waals surface area contributed by atoms with Gasteiger partial charge in [0.1, 0.15) is 5.82 Å². The number of rotatable bonds is 2. The molecule has 0 atom stereocenters. The number of benzene rings is 1. The van der Waals surface area contributed by atoms with E-state index in [4.69, 9.17) is 12.2 Å². The lowest BCUT2D eigenvalue weighted by molar-refractivity contribution is 0.710. The minimum Gasteiger partial charge on any atom is -0.332 e. The second-order valence-electron chi connectivity index (χ2n) is 4.46. The van der Waals surface area contributed by atoms with Crippen molar-refractivity contribution in [2.75, 3.05) is 0 Å². The molecular weight excluding hydrogens is 272 g/mol. The maximum absolute atomic E-state index is 12.5. The monoisotopic (exact) mass is 284 g/mol. The van der Waals surface area contributed by atoms with Crippen molar-refractivity contribution >= 4 is 23.1 Å². The average Bonchev–Trinajstić information content (AvgIpc) is 2.43. The van der Waals surface area contributed by atoms with E-state index in [-0.39, 0.29) is 5.56 Å². The van der Waals surface area contributed by atoms with Crippen LogP contribution in [0, 0.1) is 11.7 Å². The minimum absolute atomic E-state index is 0.111. The molecule has 0 saturated heterocycles. The number of H-pyrrole nitrogens is 1. The van der Waals surface area contributed by atoms with E-state index in [9.17, 15) is 4.79 Å². The zero-order valence-electron chi connectivity index (χ0n) is 10.8. The summed E-state index contributed by atoms with van der Waals surface area (Å²) in [6.07, 6.45) is 1.68. The number of aromatic nitrogens is 4. The van der Waals surface area contributed by atoms with Crippen LogP contribution in [-0.4, -0.2) is 19.5 Å². The van der Waals surface area contributed by atoms with Gasteiger partial charge in [-0.3, -0.25) is 9.36 Å². The Labute approximate surface area is 120 Å². The summed E-state index contributed by atoms with van der Waals surface area (Å²) in [4.78, 5) is 23.9. The lowest BCUT2D eigenvalue weighted by Gasteiger charge is -2.07. The van der Waals surface area contributed by atoms with Crippen molar-refractivity contribution in [3.05, 3.63) is 63.2 Å². The molecule has 1 N–H and O–H groups in total. The number of nitrogens with zero attached hydrogens (tertiary/aromatic N) is 3. The van der Waals surface area contributed by atoms with Gasteiger partial charge in [0, 0.05) is 6.20 Å². The normalized spacial score (nSPS) is 10.8. The highest BCUT2D eigenvalue weighted by Crippen LogP contribution is 2.07. The zero-order valence-corrected chi connectivity index (χ0v) is 11.6. The number of fused-ring (bicyclic) bond motifs is 1. The molecule has 3 rings (SSSR count). The lowest BCUT2D eigenvalue weighted by atomic mass is 10.2. The molecular formula is C14H12N4OS. The van der Waals surface area contributed by atoms with Crippen molar-refractivity contribution < 1.29 is 0 Å². The van der Waals surface area contributed by atoms with Gasteiger partial charge in [-0.1, -0.05) is 12.1 Å². The minimum atomic E-state index is -0.111. The molecule has 5 nitrogen and oxygen atoms in total. The summed E-state index contributed by atoms with van der Waals surface area (Å²) in [7, 11) is 0. The van der Waals surface area contributed by atoms with Gasteiger partial charge in [0.15, 0.2) is 4.77 Å². The molecule has 0 aliphatic rings. The average molecular weight is 284 g/mol. The van der Waals surface area contributed by atoms with Crippen molar-refractivity contribution in [2.45, 2.75) is 13.5 Å². The molecule has 1 aromatic carbocycles. The van der Waals surface area contributed by atoms with E-state index in [1.54, 1.807) is 18.3 Å². The van der Waals surface area contributed by atoms with E-state index >= 15 is 0 Å². The van der Waals surface area contributed by atoms with Crippen LogP contribution in [-0.2, 0) is 6.54 Å². The number of hydrogen-bond donors (Lipinski definition) is 1. The molecule has 0 aliphatic heterocycles. The smallest absolute Gasteiger partial charge is 0.262 e. The molecule has 0 fully saturated rings. The third kappa shape index (κ3) is 2.25. The van der Waals surface area contributed by atoms with Crippen LogP contribution in [0.2, 0.25) is 0 Å². The fourth-order valence-electron chi connectivity index (χ4n) is 2.10. The van der Waals surface area contributed by atoms with Gasteiger partial charge < -0.3 is 4.98 Å². The number of hydrogen-bond acceptors (Lipinski definition) is 4. The van der Waals surface area contributed by atoms with Gasteiger partial charge in [-0.15, -0.1) is 0 Å². The van der Waals surface area contributed by atoms with E-state index in [2.05, 4.69) is 15.0 Å². The van der Waals surface area contributed by atoms with Gasteiger partial charge in [-0.25, -0.2) is 9.97 Å². The second-order valence-corrected chi connectivity index (χ2v) is 4.85. The molecule has 0 aliphatic carbocycles. The second kappa shape index (κ2) is 4.97. The summed E-state index contributed by atoms with van der Waals surface area (Å²) < 4.78 is 1.91. The van der Waals surface area contributed by atoms with Gasteiger partial charge in [-0.05, 0) is 37.3 Å². The maximum Gasteiger partial charge on any atom is 0.262 e. The van der Waals surface area contributed by atoms with Crippen LogP contribution in [0.1, 0.15) is 11.5 Å². The standard InChI is InChI=1S/C14H12N4OS/c1-9-15-7-6-10(16-9)8-18-13(19)11-4-2-3-5-12(11)17-14(18)20/h2-7H,8H2,1H3,(H,17,20). The summed E-state index contributed by atoms with van der Waals surface area (Å²) in [6, 6.07) is 9.10. The highest BCUT2D eigenvalue weighted by molar-refractivity contribution is 7.71. The topological polar surface area (TPSA) is 63.6 Å². The van der Waals surface area contributed by atoms with Gasteiger partial charge in [0.2, 0.25) is 0 Å². The number of aryl methyl sites for hydroxylation is 1. The van der Waals surface area contributed by atoms with Gasteiger partial charge >= 0.3 is 0 Å². The third-order valence-electron chi connectivity index (χ3n) is 3.04. The Balaban J connectivity index is 2.17. The molecule has 3 aromatic rings. The lowest BCUT2D eigenvalue weighted by Crippen LogP contribution is -2.23. The van der Waals surface area contributed by atoms with E-state index in [0.29, 0.717) is 22.5 Å². The van der Waals surface area contributed by atoms with Gasteiger partial charge in [0.05, 0.1) is 23.1 Å². The zero-order chi connectivity index (χ0) is 14.1. The Hall–Kier alpha value is -2.34. The van der Waals surface area contributed by atoms with Crippen LogP contribution in [0.15, 0.2) is 41.3 Å². The molecule has 0 saturated carbocycles. The van der Waals surface area contributed by atoms with Crippen LogP contribution in [0.25, 0.3) is 10.9 Å². The Kier molecular flexibility index (Phi) is 3.15. The first-order valence-electron chi connectivity index (χ1n) is 6.15. The molecule has 2 heterocycles. The van der Waals surface area contributed by atoms with Gasteiger partial charge in [-0.2, -0.15) is 0 Å². The highest BCUT2D eigenvalue weighted by Gasteiger charge is 2.06. The largest absolute Gasteiger partial charge is 0.332 e. The van der Waals surface area contributed by atoms with Crippen molar-refractivity contribution in [1.29, 1.82) is 0 Å². The summed E-state index contributed by atoms with van der Waals surface area (Å²) in [5, 5.41) is 0.617. The number of aromatic amines is 1. The van der Waals surface area contributed by atoms with Gasteiger partial charge in [0.25, 0.3) is 5.56 Å². The summed E-state index contributed by atoms with van der Waals surface area (Å²) in [5.41, 5.74) is 1.40. The first-order valence-corrected chi connectivity index (χ1v) is 6.56. The first-order chi connectivity index (χ1) is 9.65. The molecule has 0 spiro atoms. The highest BCUT2D eigenvalue weighted by atomic mass is 32.1. The van der Waals surface area contributed by atoms with Crippen molar-refractivity contribution in [3.63, 3.8) is 0 Å². The molecule has 100 valence electrons. The fourth-order valence-corrected chi connectivity index (χ4v) is 2.36. The SMILES string of the molecule is Cc1nccc(Cn2c(=S)[nH]c3ccccc3c2=O)n1. The van der Waals surface area contributed by atoms with E-state index < -0.39 is 0 Å². The van der Waals surface area contributed by atoms with Crippen molar-refractivity contribution in [2.24, 2.45) is 0 Å². The quantitative estimate of drug-likeness (QED) is 0.733. The van der Waals surface area contributed by atoms with Crippen LogP contribution >= 0.6 is 12.2 Å². The third-order valence-corrected chi connectivity index (χ3v) is 3.37. The fraction of sp³-hybridized carbons (Fsp3) is 0.143. The number of nitrogens with one attached hydrogen (secondary N) is 1. The molecule has 0 unspecified atom stereocenters. The predicted molar refractivity (Wildman–Crippen MR) is 79.3 cm³/mol. The van der Waals surface area contributed by atoms with E-state index in [0.717, 1.165) is 11.2 Å². The molecule has 20 heavy (non-hydrogen) atoms. The summed E-state index contributed by atoms with van der Waals surface area (Å²) >= 11 is 5.26. The molecule has 0 bridgehead atoms. The maximum atomic E-state index is 12.5. The Morgan fingerprint density at radius 2 is 2.10 bits per heavy atom. The molecule has 6 heteroatoms. The number of para-hydroxylation sites is 1. The van der Waals surface area contributed by atoms with Crippen LogP contribution in [0.5, 0.6) is 0 Å². The molecule has 0 radical (unpaired) electrons. The van der Waals surface area contributed by atoms with Crippen LogP contribution in [0.4, 0.5) is 0 Å². The Bertz CT molecular complexity index is 897. The van der Waals surface area contributed by atoms with E-state index in [1.807, 2.05) is 25.1 Å². The summed E-state index contributed by atoms with van der Waals surface area (Å²) in [6.45, 7) is 2.15. The van der Waals surface area contributed by atoms with Crippen molar-refractivity contribution in [3.8, 4) is 0 Å². The van der Waals surface area contributed by atoms with Crippen LogP contribution in [0.3, 0.4) is 0 Å². The Morgan fingerprint density at radius 1 is 1.30 bits per heavy atom. The molecule has 2 aromatic heterocycles. The molecule has 0 amide bonds. The van der Waals surface area contributed by atoms with Crippen LogP contribution < -0.4 is 5.56 Å². The van der Waals surface area contributed by atoms with Crippen molar-refractivity contribution in [1.82, 2.24) is 19.5 Å². The summed E-state index contributed by atoms with van der Waals surface area (Å²) in [5.74, 6) is 0.672. The Morgan fingerprint density at radius 3 is 2.90 bits per heavy atom. The first kappa shape index (κ1) is 12.7.